The fourth-order valence-corrected chi connectivity index (χ4v) is 4.37. The zero-order valence-corrected chi connectivity index (χ0v) is 21.1. The van der Waals surface area contributed by atoms with E-state index in [0.29, 0.717) is 54.1 Å². The highest BCUT2D eigenvalue weighted by Gasteiger charge is 2.17. The van der Waals surface area contributed by atoms with Gasteiger partial charge in [0, 0.05) is 29.2 Å². The molecule has 0 spiro atoms. The van der Waals surface area contributed by atoms with Gasteiger partial charge in [-0.3, -0.25) is 4.79 Å². The van der Waals surface area contributed by atoms with Crippen molar-refractivity contribution in [3.63, 3.8) is 0 Å². The maximum atomic E-state index is 13.5. The minimum Gasteiger partial charge on any atom is -0.494 e. The van der Waals surface area contributed by atoms with Crippen molar-refractivity contribution in [1.82, 2.24) is 9.88 Å². The Kier molecular flexibility index (Phi) is 7.23. The summed E-state index contributed by atoms with van der Waals surface area (Å²) in [4.78, 5) is 17.8. The Labute approximate surface area is 218 Å². The Hall–Kier alpha value is -4.11. The van der Waals surface area contributed by atoms with Crippen molar-refractivity contribution in [2.45, 2.75) is 20.0 Å². The van der Waals surface area contributed by atoms with E-state index in [4.69, 9.17) is 26.4 Å². The van der Waals surface area contributed by atoms with Crippen LogP contribution in [-0.2, 0) is 13.1 Å². The predicted molar refractivity (Wildman–Crippen MR) is 145 cm³/mol. The van der Waals surface area contributed by atoms with Crippen LogP contribution in [0.15, 0.2) is 71.5 Å². The molecule has 0 fully saturated rings. The van der Waals surface area contributed by atoms with Crippen molar-refractivity contribution in [2.24, 2.45) is 0 Å². The molecule has 2 N–H and O–H groups in total. The van der Waals surface area contributed by atoms with Crippen LogP contribution in [0, 0.1) is 5.82 Å². The quantitative estimate of drug-likeness (QED) is 0.324. The number of nitrogens with one attached hydrogen (secondary N) is 2. The molecule has 1 aliphatic heterocycles. The Morgan fingerprint density at radius 1 is 1.03 bits per heavy atom. The molecule has 9 heteroatoms. The first-order valence-electron chi connectivity index (χ1n) is 12.0. The second kappa shape index (κ2) is 10.9. The molecule has 0 unspecified atom stereocenters. The summed E-state index contributed by atoms with van der Waals surface area (Å²) in [7, 11) is 0. The number of benzene rings is 3. The molecular weight excluding hydrogens is 493 g/mol. The summed E-state index contributed by atoms with van der Waals surface area (Å²) in [6, 6.07) is 19.2. The van der Waals surface area contributed by atoms with Gasteiger partial charge in [-0.05, 0) is 73.2 Å². The molecule has 4 aromatic rings. The fraction of sp³-hybridized carbons (Fsp3) is 0.214. The summed E-state index contributed by atoms with van der Waals surface area (Å²) in [6.07, 6.45) is 0. The van der Waals surface area contributed by atoms with Crippen LogP contribution in [-0.4, -0.2) is 34.8 Å². The van der Waals surface area contributed by atoms with Gasteiger partial charge in [-0.15, -0.1) is 0 Å². The van der Waals surface area contributed by atoms with Crippen molar-refractivity contribution in [3.8, 4) is 17.2 Å². The largest absolute Gasteiger partial charge is 0.494 e. The molecule has 5 rings (SSSR count). The minimum absolute atomic E-state index is 0.225. The van der Waals surface area contributed by atoms with Gasteiger partial charge in [0.25, 0.3) is 5.56 Å². The highest BCUT2D eigenvalue weighted by molar-refractivity contribution is 7.80. The van der Waals surface area contributed by atoms with E-state index in [1.165, 1.54) is 12.1 Å². The Morgan fingerprint density at radius 3 is 2.43 bits per heavy atom. The van der Waals surface area contributed by atoms with Gasteiger partial charge >= 0.3 is 0 Å². The highest BCUT2D eigenvalue weighted by atomic mass is 32.1. The maximum absolute atomic E-state index is 13.5. The molecule has 7 nitrogen and oxygen atoms in total. The molecule has 0 saturated heterocycles. The summed E-state index contributed by atoms with van der Waals surface area (Å²) in [5, 5.41) is 4.49. The molecule has 0 bridgehead atoms. The predicted octanol–water partition coefficient (Wildman–Crippen LogP) is 5.24. The number of nitrogens with zero attached hydrogens (tertiary/aromatic N) is 1. The van der Waals surface area contributed by atoms with Gasteiger partial charge < -0.3 is 29.4 Å². The van der Waals surface area contributed by atoms with E-state index >= 15 is 0 Å². The number of aromatic amines is 1. The fourth-order valence-electron chi connectivity index (χ4n) is 4.12. The molecule has 0 aliphatic carbocycles. The van der Waals surface area contributed by atoms with E-state index in [2.05, 4.69) is 10.3 Å². The summed E-state index contributed by atoms with van der Waals surface area (Å²) in [6.45, 7) is 4.07. The first-order chi connectivity index (χ1) is 18.0. The van der Waals surface area contributed by atoms with Crippen LogP contribution in [0.3, 0.4) is 0 Å². The molecule has 2 heterocycles. The number of pyridine rings is 1. The second-order valence-corrected chi connectivity index (χ2v) is 8.96. The number of anilines is 1. The number of thiocarbonyl (C=S) groups is 1. The Morgan fingerprint density at radius 2 is 1.73 bits per heavy atom. The molecule has 190 valence electrons. The van der Waals surface area contributed by atoms with Crippen molar-refractivity contribution >= 4 is 33.9 Å². The van der Waals surface area contributed by atoms with Gasteiger partial charge in [0.2, 0.25) is 0 Å². The molecule has 0 radical (unpaired) electrons. The third-order valence-corrected chi connectivity index (χ3v) is 6.30. The molecule has 0 atom stereocenters. The maximum Gasteiger partial charge on any atom is 0.253 e. The zero-order chi connectivity index (χ0) is 25.8. The zero-order valence-electron chi connectivity index (χ0n) is 20.3. The van der Waals surface area contributed by atoms with Crippen LogP contribution >= 0.6 is 12.2 Å². The molecule has 37 heavy (non-hydrogen) atoms. The lowest BCUT2D eigenvalue weighted by Gasteiger charge is -2.26. The van der Waals surface area contributed by atoms with E-state index in [-0.39, 0.29) is 17.9 Å². The van der Waals surface area contributed by atoms with Crippen LogP contribution in [0.4, 0.5) is 10.1 Å². The summed E-state index contributed by atoms with van der Waals surface area (Å²) in [5.74, 6) is 1.71. The van der Waals surface area contributed by atoms with E-state index < -0.39 is 0 Å². The Balaban J connectivity index is 1.43. The lowest BCUT2D eigenvalue weighted by Crippen LogP contribution is -2.35. The third kappa shape index (κ3) is 5.83. The van der Waals surface area contributed by atoms with Crippen LogP contribution < -0.4 is 25.1 Å². The Bertz CT molecular complexity index is 1470. The third-order valence-electron chi connectivity index (χ3n) is 5.94. The normalized spacial score (nSPS) is 12.3. The number of hydrogen-bond acceptors (Lipinski definition) is 5. The summed E-state index contributed by atoms with van der Waals surface area (Å²) in [5.41, 5.74) is 2.61. The highest BCUT2D eigenvalue weighted by Crippen LogP contribution is 2.33. The number of fused-ring (bicyclic) bond motifs is 2. The average Bonchev–Trinajstić information content (AvgIpc) is 2.90. The summed E-state index contributed by atoms with van der Waals surface area (Å²) >= 11 is 5.75. The number of ether oxygens (including phenoxy) is 3. The number of rotatable bonds is 7. The molecule has 0 saturated carbocycles. The van der Waals surface area contributed by atoms with Crippen molar-refractivity contribution < 1.29 is 18.6 Å². The van der Waals surface area contributed by atoms with Crippen molar-refractivity contribution in [1.29, 1.82) is 0 Å². The smallest absolute Gasteiger partial charge is 0.253 e. The van der Waals surface area contributed by atoms with Crippen molar-refractivity contribution in [2.75, 3.05) is 25.1 Å². The van der Waals surface area contributed by atoms with Crippen LogP contribution in [0.5, 0.6) is 17.2 Å². The number of hydrogen-bond donors (Lipinski definition) is 2. The summed E-state index contributed by atoms with van der Waals surface area (Å²) < 4.78 is 30.3. The van der Waals surface area contributed by atoms with E-state index in [1.54, 1.807) is 18.2 Å². The molecular formula is C28H26FN3O4S. The van der Waals surface area contributed by atoms with Crippen LogP contribution in [0.1, 0.15) is 18.1 Å². The van der Waals surface area contributed by atoms with Crippen LogP contribution in [0.2, 0.25) is 0 Å². The second-order valence-electron chi connectivity index (χ2n) is 8.58. The average molecular weight is 520 g/mol. The number of halogens is 1. The topological polar surface area (TPSA) is 75.8 Å². The van der Waals surface area contributed by atoms with Crippen molar-refractivity contribution in [3.05, 3.63) is 94.0 Å². The van der Waals surface area contributed by atoms with Crippen LogP contribution in [0.25, 0.3) is 10.9 Å². The first-order valence-corrected chi connectivity index (χ1v) is 12.4. The van der Waals surface area contributed by atoms with Gasteiger partial charge in [0.05, 0.1) is 18.7 Å². The number of aromatic nitrogens is 1. The van der Waals surface area contributed by atoms with E-state index in [0.717, 1.165) is 22.4 Å². The molecule has 1 aliphatic rings. The minimum atomic E-state index is -0.314. The SMILES string of the molecule is CCOc1ccc(NC(=S)N(Cc2ccc(F)cc2)Cc2cc3cc4c(cc3[nH]c2=O)OCCO4)cc1. The van der Waals surface area contributed by atoms with Gasteiger partial charge in [0.15, 0.2) is 16.6 Å². The monoisotopic (exact) mass is 519 g/mol. The lowest BCUT2D eigenvalue weighted by molar-refractivity contribution is 0.172. The van der Waals surface area contributed by atoms with E-state index in [1.807, 2.05) is 48.2 Å². The van der Waals surface area contributed by atoms with Gasteiger partial charge in [-0.25, -0.2) is 4.39 Å². The molecule has 1 aromatic heterocycles. The molecule has 0 amide bonds. The van der Waals surface area contributed by atoms with E-state index in [9.17, 15) is 9.18 Å². The van der Waals surface area contributed by atoms with Gasteiger partial charge in [-0.2, -0.15) is 0 Å². The lowest BCUT2D eigenvalue weighted by atomic mass is 10.1. The van der Waals surface area contributed by atoms with Gasteiger partial charge in [0.1, 0.15) is 24.8 Å². The van der Waals surface area contributed by atoms with Gasteiger partial charge in [-0.1, -0.05) is 12.1 Å². The molecule has 3 aromatic carbocycles. The number of H-pyrrole nitrogens is 1. The first kappa shape index (κ1) is 24.6. The standard InChI is InChI=1S/C28H26FN3O4S/c1-2-34-23-9-7-22(8-10-23)30-28(37)32(16-18-3-5-21(29)6-4-18)17-20-13-19-14-25-26(36-12-11-35-25)15-24(19)31-27(20)33/h3-10,13-15H,2,11-12,16-17H2,1H3,(H,30,37)(H,31,33).